The maximum atomic E-state index is 13.1. The molecule has 2 N–H and O–H groups in total. The van der Waals surface area contributed by atoms with Gasteiger partial charge in [0.25, 0.3) is 5.91 Å². The number of Topliss-reactive ketones (excluding diaryl/α,β-unsaturated/α-hetero) is 1. The fraction of sp³-hybridized carbons (Fsp3) is 0.350. The zero-order valence-electron chi connectivity index (χ0n) is 15.3. The number of thiophene rings is 1. The number of carbonyl (C=O) groups excluding carboxylic acids is 2. The van der Waals surface area contributed by atoms with Gasteiger partial charge in [-0.25, -0.2) is 0 Å². The van der Waals surface area contributed by atoms with Crippen LogP contribution >= 0.6 is 11.3 Å². The van der Waals surface area contributed by atoms with E-state index in [9.17, 15) is 14.7 Å². The van der Waals surface area contributed by atoms with Gasteiger partial charge in [-0.1, -0.05) is 6.07 Å². The van der Waals surface area contributed by atoms with Crippen LogP contribution in [-0.4, -0.2) is 66.1 Å². The Labute approximate surface area is 166 Å². The minimum Gasteiger partial charge on any atom is -0.503 e. The predicted molar refractivity (Wildman–Crippen MR) is 103 cm³/mol. The van der Waals surface area contributed by atoms with Crippen LogP contribution in [0.1, 0.15) is 21.3 Å². The van der Waals surface area contributed by atoms with Crippen LogP contribution in [0.4, 0.5) is 0 Å². The molecule has 7 nitrogen and oxygen atoms in total. The fourth-order valence-corrected chi connectivity index (χ4v) is 4.42. The van der Waals surface area contributed by atoms with Crippen LogP contribution in [0.2, 0.25) is 0 Å². The number of nitrogens with zero attached hydrogens (tertiary/aromatic N) is 2. The molecule has 2 aliphatic rings. The first-order chi connectivity index (χ1) is 13.7. The second-order valence-electron chi connectivity index (χ2n) is 6.86. The molecule has 0 aromatic carbocycles. The van der Waals surface area contributed by atoms with Crippen molar-refractivity contribution in [1.82, 2.24) is 9.88 Å². The summed E-state index contributed by atoms with van der Waals surface area (Å²) < 4.78 is 5.39. The molecule has 4 heterocycles. The summed E-state index contributed by atoms with van der Waals surface area (Å²) in [5.41, 5.74) is 0.917. The molecule has 0 aliphatic carbocycles. The lowest BCUT2D eigenvalue weighted by molar-refractivity contribution is -0.907. The SMILES string of the molecule is O=C(C1=C(O)C(=O)N(CC[NH+]2CCOCC2)[C@H]1c1ccncc1)c1cccs1. The van der Waals surface area contributed by atoms with Gasteiger partial charge in [0.2, 0.25) is 5.78 Å². The van der Waals surface area contributed by atoms with Crippen LogP contribution in [-0.2, 0) is 9.53 Å². The Kier molecular flexibility index (Phi) is 5.52. The van der Waals surface area contributed by atoms with Gasteiger partial charge in [0.15, 0.2) is 5.76 Å². The molecule has 146 valence electrons. The molecule has 0 spiro atoms. The minimum absolute atomic E-state index is 0.149. The molecule has 0 radical (unpaired) electrons. The molecule has 1 fully saturated rings. The summed E-state index contributed by atoms with van der Waals surface area (Å²) in [4.78, 5) is 33.4. The van der Waals surface area contributed by atoms with E-state index in [1.165, 1.54) is 16.2 Å². The van der Waals surface area contributed by atoms with Crippen LogP contribution in [0, 0.1) is 0 Å². The Morgan fingerprint density at radius 2 is 2.04 bits per heavy atom. The Balaban J connectivity index is 1.64. The third-order valence-electron chi connectivity index (χ3n) is 5.22. The monoisotopic (exact) mass is 400 g/mol. The number of pyridine rings is 1. The molecule has 2 aromatic heterocycles. The van der Waals surface area contributed by atoms with Gasteiger partial charge in [-0.2, -0.15) is 0 Å². The molecule has 4 rings (SSSR count). The van der Waals surface area contributed by atoms with Gasteiger partial charge < -0.3 is 19.6 Å². The highest BCUT2D eigenvalue weighted by molar-refractivity contribution is 7.12. The van der Waals surface area contributed by atoms with Crippen LogP contribution < -0.4 is 4.90 Å². The van der Waals surface area contributed by atoms with Crippen LogP contribution in [0.25, 0.3) is 0 Å². The van der Waals surface area contributed by atoms with E-state index in [2.05, 4.69) is 4.98 Å². The van der Waals surface area contributed by atoms with E-state index < -0.39 is 17.7 Å². The number of carbonyl (C=O) groups is 2. The van der Waals surface area contributed by atoms with E-state index in [0.29, 0.717) is 24.6 Å². The molecule has 0 unspecified atom stereocenters. The molecule has 0 bridgehead atoms. The largest absolute Gasteiger partial charge is 0.503 e. The number of aliphatic hydroxyl groups excluding tert-OH is 1. The lowest BCUT2D eigenvalue weighted by Crippen LogP contribution is -3.14. The minimum atomic E-state index is -0.606. The Bertz CT molecular complexity index is 876. The van der Waals surface area contributed by atoms with Crippen LogP contribution in [0.5, 0.6) is 0 Å². The highest BCUT2D eigenvalue weighted by atomic mass is 32.1. The summed E-state index contributed by atoms with van der Waals surface area (Å²) in [5, 5.41) is 12.4. The van der Waals surface area contributed by atoms with E-state index >= 15 is 0 Å². The molecule has 1 amide bonds. The molecule has 0 saturated carbocycles. The summed E-state index contributed by atoms with van der Waals surface area (Å²) in [6, 6.07) is 6.46. The molecular formula is C20H22N3O4S+. The van der Waals surface area contributed by atoms with E-state index in [-0.39, 0.29) is 11.4 Å². The van der Waals surface area contributed by atoms with Crippen LogP contribution in [0.15, 0.2) is 53.4 Å². The number of amides is 1. The number of hydrogen-bond acceptors (Lipinski definition) is 6. The smallest absolute Gasteiger partial charge is 0.290 e. The lowest BCUT2D eigenvalue weighted by atomic mass is 9.96. The normalized spacial score (nSPS) is 20.8. The number of morpholine rings is 1. The zero-order chi connectivity index (χ0) is 19.5. The first-order valence-corrected chi connectivity index (χ1v) is 10.2. The molecule has 2 aliphatic heterocycles. The number of nitrogens with one attached hydrogen (secondary N) is 1. The molecular weight excluding hydrogens is 378 g/mol. The van der Waals surface area contributed by atoms with Gasteiger partial charge in [-0.15, -0.1) is 11.3 Å². The lowest BCUT2D eigenvalue weighted by Gasteiger charge is -2.29. The highest BCUT2D eigenvalue weighted by Gasteiger charge is 2.44. The third kappa shape index (κ3) is 3.58. The maximum absolute atomic E-state index is 13.1. The Morgan fingerprint density at radius 3 is 2.71 bits per heavy atom. The molecule has 2 aromatic rings. The zero-order valence-corrected chi connectivity index (χ0v) is 16.2. The second-order valence-corrected chi connectivity index (χ2v) is 7.81. The van der Waals surface area contributed by atoms with E-state index in [1.807, 2.05) is 5.38 Å². The van der Waals surface area contributed by atoms with Crippen molar-refractivity contribution in [2.75, 3.05) is 39.4 Å². The number of aromatic nitrogens is 1. The maximum Gasteiger partial charge on any atom is 0.290 e. The van der Waals surface area contributed by atoms with Crippen molar-refractivity contribution in [2.45, 2.75) is 6.04 Å². The van der Waals surface area contributed by atoms with Crippen molar-refractivity contribution < 1.29 is 24.3 Å². The van der Waals surface area contributed by atoms with Crippen molar-refractivity contribution in [1.29, 1.82) is 0 Å². The molecule has 8 heteroatoms. The number of ether oxygens (including phenoxy) is 1. The average molecular weight is 400 g/mol. The van der Waals surface area contributed by atoms with E-state index in [1.54, 1.807) is 41.6 Å². The third-order valence-corrected chi connectivity index (χ3v) is 6.09. The van der Waals surface area contributed by atoms with Gasteiger partial charge in [-0.05, 0) is 29.1 Å². The highest BCUT2D eigenvalue weighted by Crippen LogP contribution is 2.38. The van der Waals surface area contributed by atoms with Crippen LogP contribution in [0.3, 0.4) is 0 Å². The topological polar surface area (TPSA) is 84.2 Å². The van der Waals surface area contributed by atoms with Gasteiger partial charge in [0.1, 0.15) is 13.1 Å². The second kappa shape index (κ2) is 8.22. The van der Waals surface area contributed by atoms with Gasteiger partial charge in [-0.3, -0.25) is 14.6 Å². The van der Waals surface area contributed by atoms with Crippen molar-refractivity contribution in [3.63, 3.8) is 0 Å². The molecule has 1 saturated heterocycles. The number of quaternary nitrogens is 1. The van der Waals surface area contributed by atoms with Crippen molar-refractivity contribution >= 4 is 23.0 Å². The number of aliphatic hydroxyl groups is 1. The summed E-state index contributed by atoms with van der Waals surface area (Å²) in [6.07, 6.45) is 3.27. The number of rotatable bonds is 6. The van der Waals surface area contributed by atoms with Gasteiger partial charge >= 0.3 is 0 Å². The first-order valence-electron chi connectivity index (χ1n) is 9.30. The fourth-order valence-electron chi connectivity index (χ4n) is 3.74. The molecule has 1 atom stereocenters. The molecule has 28 heavy (non-hydrogen) atoms. The predicted octanol–water partition coefficient (Wildman–Crippen LogP) is 0.637. The Hall–Kier alpha value is -2.55. The van der Waals surface area contributed by atoms with Gasteiger partial charge in [0, 0.05) is 12.4 Å². The number of hydrogen-bond donors (Lipinski definition) is 2. The summed E-state index contributed by atoms with van der Waals surface area (Å²) in [5.74, 6) is -1.24. The van der Waals surface area contributed by atoms with Crippen molar-refractivity contribution in [2.24, 2.45) is 0 Å². The quantitative estimate of drug-likeness (QED) is 0.695. The Morgan fingerprint density at radius 1 is 1.29 bits per heavy atom. The van der Waals surface area contributed by atoms with E-state index in [0.717, 1.165) is 25.2 Å². The van der Waals surface area contributed by atoms with Crippen molar-refractivity contribution in [3.8, 4) is 0 Å². The summed E-state index contributed by atoms with van der Waals surface area (Å²) in [6.45, 7) is 4.40. The summed E-state index contributed by atoms with van der Waals surface area (Å²) in [7, 11) is 0. The average Bonchev–Trinajstić information content (AvgIpc) is 3.36. The number of ketones is 1. The van der Waals surface area contributed by atoms with E-state index in [4.69, 9.17) is 4.74 Å². The first kappa shape index (κ1) is 18.8. The van der Waals surface area contributed by atoms with Crippen molar-refractivity contribution in [3.05, 3.63) is 63.8 Å². The standard InChI is InChI=1S/C20H21N3O4S/c24-18(15-2-1-13-28-15)16-17(14-3-5-21-6-4-14)23(20(26)19(16)25)8-7-22-9-11-27-12-10-22/h1-6,13,17,25H,7-12H2/p+1/t17-/m0/s1. The summed E-state index contributed by atoms with van der Waals surface area (Å²) >= 11 is 1.30. The van der Waals surface area contributed by atoms with Gasteiger partial charge in [0.05, 0.1) is 42.8 Å².